The fourth-order valence-electron chi connectivity index (χ4n) is 3.68. The van der Waals surface area contributed by atoms with E-state index in [9.17, 15) is 22.8 Å². The number of sulfone groups is 1. The second kappa shape index (κ2) is 9.46. The number of nitrogens with zero attached hydrogens (tertiary/aromatic N) is 2. The monoisotopic (exact) mass is 436 g/mol. The summed E-state index contributed by atoms with van der Waals surface area (Å²) in [4.78, 5) is 39.8. The summed E-state index contributed by atoms with van der Waals surface area (Å²) >= 11 is 0. The molecular weight excluding hydrogens is 408 g/mol. The van der Waals surface area contributed by atoms with E-state index in [0.717, 1.165) is 29.9 Å². The largest absolute Gasteiger partial charge is 0.372 e. The van der Waals surface area contributed by atoms with Crippen LogP contribution in [0.3, 0.4) is 0 Å². The molecule has 0 aliphatic carbocycles. The molecule has 1 aromatic carbocycles. The Balaban J connectivity index is 1.53. The van der Waals surface area contributed by atoms with Gasteiger partial charge in [0.1, 0.15) is 22.4 Å². The van der Waals surface area contributed by atoms with Gasteiger partial charge >= 0.3 is 6.03 Å². The normalized spacial score (nSPS) is 20.1. The number of nitrogens with one attached hydrogen (secondary N) is 2. The summed E-state index contributed by atoms with van der Waals surface area (Å²) in [5.74, 6) is -1.30. The summed E-state index contributed by atoms with van der Waals surface area (Å²) in [6.45, 7) is 1.63. The Morgan fingerprint density at radius 1 is 1.10 bits per heavy atom. The van der Waals surface area contributed by atoms with Crippen LogP contribution in [0.25, 0.3) is 0 Å². The van der Waals surface area contributed by atoms with Crippen molar-refractivity contribution in [2.45, 2.75) is 38.1 Å². The predicted molar refractivity (Wildman–Crippen MR) is 114 cm³/mol. The number of hydrogen-bond donors (Lipinski definition) is 2. The summed E-state index contributed by atoms with van der Waals surface area (Å²) in [5.41, 5.74) is 1.69. The number of urea groups is 1. The molecule has 10 heteroatoms. The van der Waals surface area contributed by atoms with Crippen molar-refractivity contribution < 1.29 is 22.8 Å². The highest BCUT2D eigenvalue weighted by Crippen LogP contribution is 2.21. The van der Waals surface area contributed by atoms with E-state index in [1.165, 1.54) is 25.7 Å². The molecule has 2 aliphatic rings. The second-order valence-electron chi connectivity index (χ2n) is 7.84. The molecule has 4 amide bonds. The lowest BCUT2D eigenvalue weighted by Gasteiger charge is -2.22. The molecule has 0 aromatic heterocycles. The fourth-order valence-corrected chi connectivity index (χ4v) is 4.35. The van der Waals surface area contributed by atoms with Gasteiger partial charge in [-0.15, -0.1) is 0 Å². The third-order valence-corrected chi connectivity index (χ3v) is 6.29. The molecule has 3 rings (SSSR count). The first kappa shape index (κ1) is 22.1. The van der Waals surface area contributed by atoms with E-state index >= 15 is 0 Å². The summed E-state index contributed by atoms with van der Waals surface area (Å²) < 4.78 is 22.6. The highest BCUT2D eigenvalue weighted by Gasteiger charge is 2.39. The van der Waals surface area contributed by atoms with Crippen LogP contribution in [0.2, 0.25) is 0 Å². The Labute approximate surface area is 176 Å². The van der Waals surface area contributed by atoms with Gasteiger partial charge in [0.15, 0.2) is 0 Å². The lowest BCUT2D eigenvalue weighted by atomic mass is 10.2. The third-order valence-electron chi connectivity index (χ3n) is 5.31. The third kappa shape index (κ3) is 5.94. The van der Waals surface area contributed by atoms with Crippen LogP contribution in [0, 0.1) is 0 Å². The lowest BCUT2D eigenvalue weighted by molar-refractivity contribution is -0.130. The van der Waals surface area contributed by atoms with E-state index in [1.54, 1.807) is 12.1 Å². The highest BCUT2D eigenvalue weighted by atomic mass is 32.2. The van der Waals surface area contributed by atoms with Crippen molar-refractivity contribution in [3.63, 3.8) is 0 Å². The molecule has 9 nitrogen and oxygen atoms in total. The van der Waals surface area contributed by atoms with Crippen molar-refractivity contribution in [3.8, 4) is 0 Å². The molecule has 2 aliphatic heterocycles. The minimum atomic E-state index is -3.25. The van der Waals surface area contributed by atoms with Gasteiger partial charge in [-0.1, -0.05) is 12.8 Å². The Hall–Kier alpha value is -2.62. The molecule has 30 heavy (non-hydrogen) atoms. The average molecular weight is 437 g/mol. The zero-order chi connectivity index (χ0) is 21.7. The maximum absolute atomic E-state index is 12.3. The van der Waals surface area contributed by atoms with E-state index in [-0.39, 0.29) is 12.2 Å². The summed E-state index contributed by atoms with van der Waals surface area (Å²) in [6, 6.07) is 5.90. The Bertz CT molecular complexity index is 892. The quantitative estimate of drug-likeness (QED) is 0.624. The number of amides is 4. The first-order valence-corrected chi connectivity index (χ1v) is 12.2. The maximum atomic E-state index is 12.3. The van der Waals surface area contributed by atoms with Crippen LogP contribution in [0.4, 0.5) is 16.2 Å². The highest BCUT2D eigenvalue weighted by molar-refractivity contribution is 7.90. The lowest BCUT2D eigenvalue weighted by Crippen LogP contribution is -2.38. The number of carbonyl (C=O) groups excluding carboxylic acids is 3. The molecule has 1 aromatic rings. The van der Waals surface area contributed by atoms with Crippen molar-refractivity contribution in [3.05, 3.63) is 24.3 Å². The molecule has 0 radical (unpaired) electrons. The SMILES string of the molecule is CS(=O)(=O)CC[C@@H]1NC(=O)N(CC(=O)Nc2ccc(N3CCCCCC3)cc2)C1=O. The van der Waals surface area contributed by atoms with Crippen molar-refractivity contribution in [2.75, 3.05) is 41.9 Å². The van der Waals surface area contributed by atoms with E-state index in [1.807, 2.05) is 12.1 Å². The topological polar surface area (TPSA) is 116 Å². The molecule has 164 valence electrons. The molecule has 1 atom stereocenters. The molecule has 2 heterocycles. The zero-order valence-corrected chi connectivity index (χ0v) is 17.9. The van der Waals surface area contributed by atoms with Crippen LogP contribution in [0.15, 0.2) is 24.3 Å². The number of imide groups is 1. The van der Waals surface area contributed by atoms with Crippen molar-refractivity contribution in [1.29, 1.82) is 0 Å². The van der Waals surface area contributed by atoms with Gasteiger partial charge in [0.2, 0.25) is 5.91 Å². The second-order valence-corrected chi connectivity index (χ2v) is 10.1. The van der Waals surface area contributed by atoms with Crippen LogP contribution < -0.4 is 15.5 Å². The standard InChI is InChI=1S/C20H28N4O5S/c1-30(28,29)13-10-17-19(26)24(20(27)22-17)14-18(25)21-15-6-8-16(9-7-15)23-11-4-2-3-5-12-23/h6-9,17H,2-5,10-14H2,1H3,(H,21,25)(H,22,27)/t17-/m0/s1. The van der Waals surface area contributed by atoms with Gasteiger partial charge in [0.25, 0.3) is 5.91 Å². The van der Waals surface area contributed by atoms with E-state index < -0.39 is 40.3 Å². The first-order chi connectivity index (χ1) is 14.2. The predicted octanol–water partition coefficient (Wildman–Crippen LogP) is 1.36. The van der Waals surface area contributed by atoms with Gasteiger partial charge in [0.05, 0.1) is 5.75 Å². The summed E-state index contributed by atoms with van der Waals surface area (Å²) in [5, 5.41) is 5.13. The number of hydrogen-bond acceptors (Lipinski definition) is 6. The zero-order valence-electron chi connectivity index (χ0n) is 17.1. The van der Waals surface area contributed by atoms with Gasteiger partial charge in [-0.05, 0) is 43.5 Å². The Morgan fingerprint density at radius 2 is 1.73 bits per heavy atom. The molecule has 0 unspecified atom stereocenters. The van der Waals surface area contributed by atoms with Gasteiger partial charge in [-0.3, -0.25) is 14.5 Å². The smallest absolute Gasteiger partial charge is 0.325 e. The maximum Gasteiger partial charge on any atom is 0.325 e. The summed E-state index contributed by atoms with van der Waals surface area (Å²) in [6.07, 6.45) is 5.91. The first-order valence-electron chi connectivity index (χ1n) is 10.2. The Kier molecular flexibility index (Phi) is 6.96. The van der Waals surface area contributed by atoms with Crippen LogP contribution in [0.1, 0.15) is 32.1 Å². The molecule has 2 fully saturated rings. The van der Waals surface area contributed by atoms with E-state index in [2.05, 4.69) is 15.5 Å². The molecular formula is C20H28N4O5S. The van der Waals surface area contributed by atoms with Crippen LogP contribution >= 0.6 is 0 Å². The molecule has 2 N–H and O–H groups in total. The number of rotatable bonds is 7. The van der Waals surface area contributed by atoms with Gasteiger partial charge < -0.3 is 15.5 Å². The van der Waals surface area contributed by atoms with E-state index in [4.69, 9.17) is 0 Å². The minimum absolute atomic E-state index is 0.0144. The van der Waals surface area contributed by atoms with Crippen LogP contribution in [0.5, 0.6) is 0 Å². The van der Waals surface area contributed by atoms with Crippen LogP contribution in [-0.2, 0) is 19.4 Å². The van der Waals surface area contributed by atoms with Crippen molar-refractivity contribution in [1.82, 2.24) is 10.2 Å². The molecule has 0 saturated carbocycles. The number of anilines is 2. The van der Waals surface area contributed by atoms with Gasteiger partial charge in [-0.2, -0.15) is 0 Å². The Morgan fingerprint density at radius 3 is 2.33 bits per heavy atom. The fraction of sp³-hybridized carbons (Fsp3) is 0.550. The average Bonchev–Trinajstić information content (AvgIpc) is 2.87. The number of carbonyl (C=O) groups is 3. The van der Waals surface area contributed by atoms with Crippen molar-refractivity contribution >= 4 is 39.1 Å². The van der Waals surface area contributed by atoms with E-state index in [0.29, 0.717) is 5.69 Å². The van der Waals surface area contributed by atoms with Gasteiger partial charge in [-0.25, -0.2) is 13.2 Å². The number of benzene rings is 1. The molecule has 2 saturated heterocycles. The molecule has 0 spiro atoms. The molecule has 0 bridgehead atoms. The summed E-state index contributed by atoms with van der Waals surface area (Å²) in [7, 11) is -3.25. The van der Waals surface area contributed by atoms with Crippen LogP contribution in [-0.4, -0.2) is 68.8 Å². The minimum Gasteiger partial charge on any atom is -0.372 e. The van der Waals surface area contributed by atoms with Crippen molar-refractivity contribution in [2.24, 2.45) is 0 Å². The van der Waals surface area contributed by atoms with Gasteiger partial charge in [0, 0.05) is 30.7 Å².